The van der Waals surface area contributed by atoms with Crippen LogP contribution < -0.4 is 14.7 Å². The lowest BCUT2D eigenvalue weighted by Gasteiger charge is -2.46. The van der Waals surface area contributed by atoms with Gasteiger partial charge in [-0.15, -0.1) is 0 Å². The predicted octanol–water partition coefficient (Wildman–Crippen LogP) is 4.52. The van der Waals surface area contributed by atoms with Gasteiger partial charge in [0.05, 0.1) is 36.7 Å². The maximum absolute atomic E-state index is 13.3. The van der Waals surface area contributed by atoms with Crippen molar-refractivity contribution in [3.05, 3.63) is 42.1 Å². The maximum atomic E-state index is 13.3. The van der Waals surface area contributed by atoms with E-state index in [4.69, 9.17) is 9.47 Å². The topological polar surface area (TPSA) is 95.4 Å². The van der Waals surface area contributed by atoms with E-state index >= 15 is 0 Å². The number of hydrogen-bond acceptors (Lipinski definition) is 6. The molecule has 3 fully saturated rings. The standard InChI is InChI=1S/C24H28N4O5/c1-24(2,3)33-23(31)27-12-15-5-4-10-25-21(15)28(22(29)30)19-9-7-16(11-20(19)27)26-13-18-8-6-17(26)14-32-18/h4-5,7,9-11,17-18H,6,8,12-14H2,1-3H3,(H,29,30)/t17-,18-/m0/s1. The van der Waals surface area contributed by atoms with Gasteiger partial charge in [0.25, 0.3) is 0 Å². The highest BCUT2D eigenvalue weighted by atomic mass is 16.6. The summed E-state index contributed by atoms with van der Waals surface area (Å²) in [7, 11) is 0. The minimum absolute atomic E-state index is 0.146. The maximum Gasteiger partial charge on any atom is 0.417 e. The van der Waals surface area contributed by atoms with Crippen LogP contribution in [0.25, 0.3) is 0 Å². The fourth-order valence-electron chi connectivity index (χ4n) is 4.76. The molecule has 2 aromatic rings. The van der Waals surface area contributed by atoms with Gasteiger partial charge in [0.1, 0.15) is 11.4 Å². The van der Waals surface area contributed by atoms with Gasteiger partial charge in [0.2, 0.25) is 0 Å². The molecule has 0 unspecified atom stereocenters. The number of hydrogen-bond donors (Lipinski definition) is 1. The third-order valence-electron chi connectivity index (χ3n) is 6.22. The van der Waals surface area contributed by atoms with Gasteiger partial charge < -0.3 is 19.5 Å². The molecule has 6 rings (SSSR count). The SMILES string of the molecule is CC(C)(C)OC(=O)N1Cc2cccnc2N(C(=O)O)c2ccc(N3C[C@@H]4CC[C@H]3CO4)cc21. The number of fused-ring (bicyclic) bond motifs is 5. The Hall–Kier alpha value is -3.33. The second-order valence-corrected chi connectivity index (χ2v) is 9.68. The molecule has 2 amide bonds. The smallest absolute Gasteiger partial charge is 0.417 e. The van der Waals surface area contributed by atoms with E-state index < -0.39 is 17.8 Å². The third kappa shape index (κ3) is 3.97. The molecule has 9 nitrogen and oxygen atoms in total. The van der Waals surface area contributed by atoms with Crippen LogP contribution in [0.5, 0.6) is 0 Å². The van der Waals surface area contributed by atoms with E-state index in [2.05, 4.69) is 9.88 Å². The van der Waals surface area contributed by atoms with Crippen LogP contribution in [-0.2, 0) is 16.0 Å². The lowest BCUT2D eigenvalue weighted by molar-refractivity contribution is -0.0225. The second kappa shape index (κ2) is 7.91. The molecule has 174 valence electrons. The van der Waals surface area contributed by atoms with Crippen molar-refractivity contribution >= 4 is 35.1 Å². The summed E-state index contributed by atoms with van der Waals surface area (Å²) in [5, 5.41) is 10.1. The molecular weight excluding hydrogens is 424 g/mol. The van der Waals surface area contributed by atoms with Crippen LogP contribution in [0.1, 0.15) is 39.2 Å². The molecule has 0 spiro atoms. The van der Waals surface area contributed by atoms with E-state index in [0.29, 0.717) is 23.5 Å². The quantitative estimate of drug-likeness (QED) is 0.680. The minimum Gasteiger partial charge on any atom is -0.464 e. The van der Waals surface area contributed by atoms with Gasteiger partial charge in [0.15, 0.2) is 0 Å². The number of morpholine rings is 1. The number of piperidine rings is 1. The Morgan fingerprint density at radius 2 is 2.00 bits per heavy atom. The number of aromatic nitrogens is 1. The summed E-state index contributed by atoms with van der Waals surface area (Å²) in [5.41, 5.74) is 1.70. The average Bonchev–Trinajstić information content (AvgIpc) is 2.93. The number of carbonyl (C=O) groups excluding carboxylic acids is 1. The van der Waals surface area contributed by atoms with Gasteiger partial charge in [-0.3, -0.25) is 4.90 Å². The summed E-state index contributed by atoms with van der Waals surface area (Å²) in [6, 6.07) is 9.34. The molecule has 9 heteroatoms. The number of benzene rings is 1. The third-order valence-corrected chi connectivity index (χ3v) is 6.22. The zero-order chi connectivity index (χ0) is 23.3. The van der Waals surface area contributed by atoms with Crippen molar-refractivity contribution in [2.45, 2.75) is 57.9 Å². The number of nitrogens with zero attached hydrogens (tertiary/aromatic N) is 4. The van der Waals surface area contributed by atoms with Crippen LogP contribution in [0.2, 0.25) is 0 Å². The number of carbonyl (C=O) groups is 2. The monoisotopic (exact) mass is 452 g/mol. The molecular formula is C24H28N4O5. The first-order valence-electron chi connectivity index (χ1n) is 11.2. The highest BCUT2D eigenvalue weighted by molar-refractivity contribution is 6.04. The molecule has 1 aromatic heterocycles. The Morgan fingerprint density at radius 1 is 1.18 bits per heavy atom. The molecule has 3 saturated heterocycles. The van der Waals surface area contributed by atoms with Crippen LogP contribution in [0.4, 0.5) is 32.5 Å². The molecule has 2 atom stereocenters. The molecule has 1 aromatic carbocycles. The highest BCUT2D eigenvalue weighted by Crippen LogP contribution is 2.43. The van der Waals surface area contributed by atoms with E-state index in [-0.39, 0.29) is 24.5 Å². The number of amides is 2. The van der Waals surface area contributed by atoms with E-state index in [1.807, 2.05) is 32.9 Å². The van der Waals surface area contributed by atoms with Crippen molar-refractivity contribution in [3.63, 3.8) is 0 Å². The zero-order valence-electron chi connectivity index (χ0n) is 19.0. The second-order valence-electron chi connectivity index (χ2n) is 9.68. The van der Waals surface area contributed by atoms with Crippen LogP contribution in [0.15, 0.2) is 36.5 Å². The molecule has 4 aliphatic heterocycles. The van der Waals surface area contributed by atoms with Crippen molar-refractivity contribution in [1.29, 1.82) is 0 Å². The van der Waals surface area contributed by atoms with Crippen molar-refractivity contribution < 1.29 is 24.2 Å². The van der Waals surface area contributed by atoms with E-state index in [1.165, 1.54) is 4.90 Å². The highest BCUT2D eigenvalue weighted by Gasteiger charge is 2.38. The normalized spacial score (nSPS) is 21.8. The largest absolute Gasteiger partial charge is 0.464 e. The molecule has 5 heterocycles. The predicted molar refractivity (Wildman–Crippen MR) is 123 cm³/mol. The van der Waals surface area contributed by atoms with E-state index in [0.717, 1.165) is 30.0 Å². The Balaban J connectivity index is 1.64. The molecule has 4 aliphatic rings. The first-order valence-corrected chi connectivity index (χ1v) is 11.2. The summed E-state index contributed by atoms with van der Waals surface area (Å²) < 4.78 is 11.5. The molecule has 2 bridgehead atoms. The van der Waals surface area contributed by atoms with Gasteiger partial charge >= 0.3 is 12.2 Å². The zero-order valence-corrected chi connectivity index (χ0v) is 19.0. The first-order chi connectivity index (χ1) is 15.7. The van der Waals surface area contributed by atoms with Crippen LogP contribution in [0.3, 0.4) is 0 Å². The molecule has 0 aliphatic carbocycles. The molecule has 0 saturated carbocycles. The fourth-order valence-corrected chi connectivity index (χ4v) is 4.76. The summed E-state index contributed by atoms with van der Waals surface area (Å²) >= 11 is 0. The molecule has 1 N–H and O–H groups in total. The lowest BCUT2D eigenvalue weighted by atomic mass is 9.96. The van der Waals surface area contributed by atoms with E-state index in [9.17, 15) is 14.7 Å². The van der Waals surface area contributed by atoms with Crippen molar-refractivity contribution in [1.82, 2.24) is 4.98 Å². The van der Waals surface area contributed by atoms with E-state index in [1.54, 1.807) is 24.4 Å². The van der Waals surface area contributed by atoms with Gasteiger partial charge in [-0.1, -0.05) is 6.07 Å². The number of ether oxygens (including phenoxy) is 2. The van der Waals surface area contributed by atoms with Crippen molar-refractivity contribution in [3.8, 4) is 0 Å². The fraction of sp³-hybridized carbons (Fsp3) is 0.458. The summed E-state index contributed by atoms with van der Waals surface area (Å²) in [5.74, 6) is 0.287. The van der Waals surface area contributed by atoms with Gasteiger partial charge in [-0.05, 0) is 57.9 Å². The van der Waals surface area contributed by atoms with Crippen LogP contribution >= 0.6 is 0 Å². The van der Waals surface area contributed by atoms with Crippen LogP contribution in [-0.4, -0.2) is 53.2 Å². The Labute approximate surface area is 192 Å². The van der Waals surface area contributed by atoms with Crippen molar-refractivity contribution in [2.75, 3.05) is 27.9 Å². The Kier molecular flexibility index (Phi) is 5.16. The summed E-state index contributed by atoms with van der Waals surface area (Å²) in [4.78, 5) is 34.9. The lowest BCUT2D eigenvalue weighted by Crippen LogP contribution is -2.54. The first kappa shape index (κ1) is 21.5. The Bertz CT molecular complexity index is 1090. The average molecular weight is 453 g/mol. The minimum atomic E-state index is -1.17. The van der Waals surface area contributed by atoms with Gasteiger partial charge in [-0.25, -0.2) is 19.5 Å². The van der Waals surface area contributed by atoms with Gasteiger partial charge in [0, 0.05) is 24.0 Å². The molecule has 33 heavy (non-hydrogen) atoms. The molecule has 0 radical (unpaired) electrons. The van der Waals surface area contributed by atoms with Crippen LogP contribution in [0, 0.1) is 0 Å². The summed E-state index contributed by atoms with van der Waals surface area (Å²) in [6.07, 6.45) is 2.14. The number of rotatable bonds is 1. The van der Waals surface area contributed by atoms with Gasteiger partial charge in [-0.2, -0.15) is 0 Å². The summed E-state index contributed by atoms with van der Waals surface area (Å²) in [6.45, 7) is 7.03. The van der Waals surface area contributed by atoms with Crippen molar-refractivity contribution in [2.24, 2.45) is 0 Å². The number of pyridine rings is 1. The number of carboxylic acid groups (broad SMARTS) is 1. The Morgan fingerprint density at radius 3 is 2.64 bits per heavy atom. The number of anilines is 4.